The summed E-state index contributed by atoms with van der Waals surface area (Å²) < 4.78 is 1.07. The molecule has 0 fully saturated rings. The number of nitrogens with two attached hydrogens (primary N) is 1. The van der Waals surface area contributed by atoms with Crippen molar-refractivity contribution >= 4 is 15.9 Å². The quantitative estimate of drug-likeness (QED) is 0.913. The molecule has 4 heteroatoms. The molecule has 1 heterocycles. The Morgan fingerprint density at radius 3 is 2.53 bits per heavy atom. The molecule has 0 amide bonds. The van der Waals surface area contributed by atoms with Gasteiger partial charge in [0.15, 0.2) is 0 Å². The predicted molar refractivity (Wildman–Crippen MR) is 73.7 cm³/mol. The van der Waals surface area contributed by atoms with Crippen molar-refractivity contribution in [3.8, 4) is 11.3 Å². The largest absolute Gasteiger partial charge is 0.342 e. The van der Waals surface area contributed by atoms with Crippen LogP contribution in [0.1, 0.15) is 19.7 Å². The molecule has 0 aliphatic rings. The van der Waals surface area contributed by atoms with Gasteiger partial charge in [-0.2, -0.15) is 0 Å². The monoisotopic (exact) mass is 293 g/mol. The van der Waals surface area contributed by atoms with E-state index in [1.165, 1.54) is 0 Å². The Kier molecular flexibility index (Phi) is 3.35. The van der Waals surface area contributed by atoms with E-state index < -0.39 is 0 Å². The Bertz CT molecular complexity index is 494. The van der Waals surface area contributed by atoms with Gasteiger partial charge >= 0.3 is 0 Å². The van der Waals surface area contributed by atoms with E-state index in [4.69, 9.17) is 5.73 Å². The third-order valence-electron chi connectivity index (χ3n) is 2.41. The molecular weight excluding hydrogens is 278 g/mol. The SMILES string of the molecule is CC(C)(N)Cc1ncc(-c2ccc(Br)cc2)[nH]1. The highest BCUT2D eigenvalue weighted by atomic mass is 79.9. The van der Waals surface area contributed by atoms with Crippen LogP contribution in [-0.4, -0.2) is 15.5 Å². The molecule has 0 saturated carbocycles. The standard InChI is InChI=1S/C13H16BrN3/c1-13(2,15)7-12-16-8-11(17-12)9-3-5-10(14)6-4-9/h3-6,8H,7,15H2,1-2H3,(H,16,17). The average Bonchev–Trinajstić information content (AvgIpc) is 2.64. The van der Waals surface area contributed by atoms with Crippen molar-refractivity contribution in [1.29, 1.82) is 0 Å². The van der Waals surface area contributed by atoms with Gasteiger partial charge in [-0.05, 0) is 31.5 Å². The molecule has 17 heavy (non-hydrogen) atoms. The lowest BCUT2D eigenvalue weighted by molar-refractivity contribution is 0.505. The average molecular weight is 294 g/mol. The summed E-state index contributed by atoms with van der Waals surface area (Å²) in [6.07, 6.45) is 2.59. The second-order valence-electron chi connectivity index (χ2n) is 4.92. The van der Waals surface area contributed by atoms with E-state index in [1.807, 2.05) is 32.2 Å². The van der Waals surface area contributed by atoms with Gasteiger partial charge in [-0.25, -0.2) is 4.98 Å². The number of nitrogens with zero attached hydrogens (tertiary/aromatic N) is 1. The van der Waals surface area contributed by atoms with Crippen LogP contribution in [-0.2, 0) is 6.42 Å². The Balaban J connectivity index is 2.21. The van der Waals surface area contributed by atoms with Crippen molar-refractivity contribution in [1.82, 2.24) is 9.97 Å². The van der Waals surface area contributed by atoms with E-state index in [9.17, 15) is 0 Å². The van der Waals surface area contributed by atoms with Gasteiger partial charge < -0.3 is 10.7 Å². The number of rotatable bonds is 3. The highest BCUT2D eigenvalue weighted by Crippen LogP contribution is 2.20. The van der Waals surface area contributed by atoms with Crippen LogP contribution < -0.4 is 5.73 Å². The zero-order valence-corrected chi connectivity index (χ0v) is 11.6. The third kappa shape index (κ3) is 3.41. The molecule has 1 aromatic carbocycles. The van der Waals surface area contributed by atoms with E-state index >= 15 is 0 Å². The molecule has 2 rings (SSSR count). The van der Waals surface area contributed by atoms with Gasteiger partial charge in [0.2, 0.25) is 0 Å². The molecule has 0 aliphatic heterocycles. The number of benzene rings is 1. The second-order valence-corrected chi connectivity index (χ2v) is 5.83. The molecule has 0 spiro atoms. The van der Waals surface area contributed by atoms with E-state index in [2.05, 4.69) is 38.0 Å². The summed E-state index contributed by atoms with van der Waals surface area (Å²) in [6, 6.07) is 8.13. The molecular formula is C13H16BrN3. The van der Waals surface area contributed by atoms with Crippen LogP contribution in [0.3, 0.4) is 0 Å². The summed E-state index contributed by atoms with van der Waals surface area (Å²) in [6.45, 7) is 3.99. The minimum atomic E-state index is -0.241. The van der Waals surface area contributed by atoms with Gasteiger partial charge in [-0.15, -0.1) is 0 Å². The smallest absolute Gasteiger partial charge is 0.108 e. The van der Waals surface area contributed by atoms with Crippen molar-refractivity contribution in [3.05, 3.63) is 40.8 Å². The third-order valence-corrected chi connectivity index (χ3v) is 2.94. The number of hydrogen-bond donors (Lipinski definition) is 2. The van der Waals surface area contributed by atoms with Gasteiger partial charge in [0.05, 0.1) is 11.9 Å². The second kappa shape index (κ2) is 4.63. The Hall–Kier alpha value is -1.13. The molecule has 0 saturated heterocycles. The van der Waals surface area contributed by atoms with Gasteiger partial charge in [0, 0.05) is 16.4 Å². The predicted octanol–water partition coefficient (Wildman–Crippen LogP) is 3.12. The fraction of sp³-hybridized carbons (Fsp3) is 0.308. The molecule has 0 radical (unpaired) electrons. The van der Waals surface area contributed by atoms with Crippen LogP contribution in [0.2, 0.25) is 0 Å². The van der Waals surface area contributed by atoms with Crippen molar-refractivity contribution in [2.24, 2.45) is 5.73 Å². The summed E-state index contributed by atoms with van der Waals surface area (Å²) in [5, 5.41) is 0. The molecule has 0 atom stereocenters. The van der Waals surface area contributed by atoms with Crippen molar-refractivity contribution in [3.63, 3.8) is 0 Å². The van der Waals surface area contributed by atoms with Crippen LogP contribution in [0.25, 0.3) is 11.3 Å². The maximum absolute atomic E-state index is 5.97. The normalized spacial score (nSPS) is 11.8. The molecule has 90 valence electrons. The lowest BCUT2D eigenvalue weighted by Gasteiger charge is -2.15. The van der Waals surface area contributed by atoms with Gasteiger partial charge in [-0.1, -0.05) is 28.1 Å². The lowest BCUT2D eigenvalue weighted by atomic mass is 10.0. The molecule has 3 N–H and O–H groups in total. The highest BCUT2D eigenvalue weighted by molar-refractivity contribution is 9.10. The summed E-state index contributed by atoms with van der Waals surface area (Å²) >= 11 is 3.42. The van der Waals surface area contributed by atoms with E-state index in [0.717, 1.165) is 28.0 Å². The molecule has 2 aromatic rings. The van der Waals surface area contributed by atoms with E-state index in [1.54, 1.807) is 0 Å². The summed E-state index contributed by atoms with van der Waals surface area (Å²) in [5.74, 6) is 0.926. The molecule has 0 unspecified atom stereocenters. The number of imidazole rings is 1. The summed E-state index contributed by atoms with van der Waals surface area (Å²) in [7, 11) is 0. The number of halogens is 1. The number of hydrogen-bond acceptors (Lipinski definition) is 2. The first kappa shape index (κ1) is 12.3. The fourth-order valence-corrected chi connectivity index (χ4v) is 1.92. The molecule has 1 aromatic heterocycles. The van der Waals surface area contributed by atoms with Gasteiger partial charge in [0.25, 0.3) is 0 Å². The van der Waals surface area contributed by atoms with E-state index in [-0.39, 0.29) is 5.54 Å². The number of nitrogens with one attached hydrogen (secondary N) is 1. The maximum Gasteiger partial charge on any atom is 0.108 e. The number of aromatic nitrogens is 2. The minimum Gasteiger partial charge on any atom is -0.342 e. The molecule has 3 nitrogen and oxygen atoms in total. The van der Waals surface area contributed by atoms with Crippen molar-refractivity contribution < 1.29 is 0 Å². The van der Waals surface area contributed by atoms with Gasteiger partial charge in [-0.3, -0.25) is 0 Å². The summed E-state index contributed by atoms with van der Waals surface area (Å²) in [4.78, 5) is 7.65. The Morgan fingerprint density at radius 2 is 1.94 bits per heavy atom. The molecule has 0 aliphatic carbocycles. The van der Waals surface area contributed by atoms with Gasteiger partial charge in [0.1, 0.15) is 5.82 Å². The number of aromatic amines is 1. The van der Waals surface area contributed by atoms with E-state index in [0.29, 0.717) is 0 Å². The van der Waals surface area contributed by atoms with Crippen LogP contribution in [0.5, 0.6) is 0 Å². The first-order chi connectivity index (χ1) is 7.94. The first-order valence-electron chi connectivity index (χ1n) is 5.53. The minimum absolute atomic E-state index is 0.241. The zero-order valence-electron chi connectivity index (χ0n) is 10.00. The van der Waals surface area contributed by atoms with Crippen LogP contribution >= 0.6 is 15.9 Å². The lowest BCUT2D eigenvalue weighted by Crippen LogP contribution is -2.34. The highest BCUT2D eigenvalue weighted by Gasteiger charge is 2.14. The Labute approximate surface area is 110 Å². The van der Waals surface area contributed by atoms with Crippen LogP contribution in [0, 0.1) is 0 Å². The molecule has 0 bridgehead atoms. The topological polar surface area (TPSA) is 54.7 Å². The van der Waals surface area contributed by atoms with Crippen molar-refractivity contribution in [2.75, 3.05) is 0 Å². The summed E-state index contributed by atoms with van der Waals surface area (Å²) in [5.41, 5.74) is 7.88. The van der Waals surface area contributed by atoms with Crippen molar-refractivity contribution in [2.45, 2.75) is 25.8 Å². The Morgan fingerprint density at radius 1 is 1.29 bits per heavy atom. The zero-order chi connectivity index (χ0) is 12.5. The number of H-pyrrole nitrogens is 1. The fourth-order valence-electron chi connectivity index (χ4n) is 1.66. The van der Waals surface area contributed by atoms with Crippen LogP contribution in [0.15, 0.2) is 34.9 Å². The first-order valence-corrected chi connectivity index (χ1v) is 6.32. The maximum atomic E-state index is 5.97. The van der Waals surface area contributed by atoms with Crippen LogP contribution in [0.4, 0.5) is 0 Å².